The Morgan fingerprint density at radius 3 is 2.60 bits per heavy atom. The van der Waals surface area contributed by atoms with E-state index in [9.17, 15) is 10.1 Å². The molecule has 0 aromatic carbocycles. The van der Waals surface area contributed by atoms with Crippen molar-refractivity contribution in [3.05, 3.63) is 16.3 Å². The zero-order chi connectivity index (χ0) is 15.3. The van der Waals surface area contributed by atoms with Crippen LogP contribution >= 0.6 is 0 Å². The average Bonchev–Trinajstić information content (AvgIpc) is 2.33. The van der Waals surface area contributed by atoms with Crippen LogP contribution in [0.25, 0.3) is 0 Å². The van der Waals surface area contributed by atoms with Crippen LogP contribution in [0, 0.1) is 15.5 Å². The summed E-state index contributed by atoms with van der Waals surface area (Å²) in [5.41, 5.74) is -0.0521. The Bertz CT molecular complexity index is 470. The van der Waals surface area contributed by atoms with Crippen molar-refractivity contribution in [2.45, 2.75) is 34.1 Å². The highest BCUT2D eigenvalue weighted by atomic mass is 16.6. The molecule has 1 aromatic rings. The smallest absolute Gasteiger partial charge is 0.329 e. The third kappa shape index (κ3) is 4.64. The quantitative estimate of drug-likeness (QED) is 0.637. The van der Waals surface area contributed by atoms with Crippen molar-refractivity contribution in [3.8, 4) is 0 Å². The van der Waals surface area contributed by atoms with E-state index >= 15 is 0 Å². The predicted molar refractivity (Wildman–Crippen MR) is 80.2 cm³/mol. The van der Waals surface area contributed by atoms with Crippen LogP contribution in [0.1, 0.15) is 34.1 Å². The Labute approximate surface area is 119 Å². The van der Waals surface area contributed by atoms with Crippen LogP contribution in [-0.2, 0) is 0 Å². The van der Waals surface area contributed by atoms with E-state index in [1.165, 1.54) is 6.20 Å². The molecule has 1 heterocycles. The second kappa shape index (κ2) is 6.49. The zero-order valence-electron chi connectivity index (χ0n) is 12.8. The molecular weight excluding hydrogens is 258 g/mol. The molecule has 0 unspecified atom stereocenters. The number of hydrogen-bond acceptors (Lipinski definition) is 6. The molecule has 0 saturated carbocycles. The van der Waals surface area contributed by atoms with Gasteiger partial charge in [-0.05, 0) is 11.8 Å². The van der Waals surface area contributed by atoms with Gasteiger partial charge in [0.25, 0.3) is 0 Å². The van der Waals surface area contributed by atoms with E-state index in [2.05, 4.69) is 36.1 Å². The molecule has 0 atom stereocenters. The van der Waals surface area contributed by atoms with Crippen LogP contribution < -0.4 is 10.2 Å². The zero-order valence-corrected chi connectivity index (χ0v) is 12.8. The maximum atomic E-state index is 11.1. The van der Waals surface area contributed by atoms with Gasteiger partial charge in [0.15, 0.2) is 0 Å². The van der Waals surface area contributed by atoms with Gasteiger partial charge in [-0.1, -0.05) is 27.7 Å². The largest absolute Gasteiger partial charge is 0.354 e. The number of nitro groups is 1. The van der Waals surface area contributed by atoms with Crippen molar-refractivity contribution in [1.82, 2.24) is 9.97 Å². The maximum Gasteiger partial charge on any atom is 0.329 e. The van der Waals surface area contributed by atoms with E-state index in [4.69, 9.17) is 0 Å². The van der Waals surface area contributed by atoms with E-state index in [-0.39, 0.29) is 11.1 Å². The third-order valence-corrected chi connectivity index (χ3v) is 2.55. The average molecular weight is 281 g/mol. The monoisotopic (exact) mass is 281 g/mol. The van der Waals surface area contributed by atoms with Crippen molar-refractivity contribution in [2.24, 2.45) is 5.41 Å². The highest BCUT2D eigenvalue weighted by Crippen LogP contribution is 2.27. The van der Waals surface area contributed by atoms with Gasteiger partial charge in [-0.15, -0.1) is 0 Å². The number of rotatable bonds is 6. The van der Waals surface area contributed by atoms with Gasteiger partial charge in [0, 0.05) is 20.1 Å². The summed E-state index contributed by atoms with van der Waals surface area (Å²) in [6, 6.07) is 0. The van der Waals surface area contributed by atoms with E-state index in [1.54, 1.807) is 4.90 Å². The maximum absolute atomic E-state index is 11.1. The molecule has 1 N–H and O–H groups in total. The molecule has 0 amide bonds. The molecule has 20 heavy (non-hydrogen) atoms. The highest BCUT2D eigenvalue weighted by Gasteiger charge is 2.23. The second-order valence-electron chi connectivity index (χ2n) is 6.00. The summed E-state index contributed by atoms with van der Waals surface area (Å²) in [4.78, 5) is 20.7. The SMILES string of the molecule is CCCNc1ncc([N+](=O)[O-])c(N(C)CC(C)(C)C)n1. The lowest BCUT2D eigenvalue weighted by molar-refractivity contribution is -0.384. The van der Waals surface area contributed by atoms with Crippen LogP contribution in [-0.4, -0.2) is 35.0 Å². The van der Waals surface area contributed by atoms with Gasteiger partial charge >= 0.3 is 5.69 Å². The number of nitrogens with zero attached hydrogens (tertiary/aromatic N) is 4. The first-order valence-corrected chi connectivity index (χ1v) is 6.71. The van der Waals surface area contributed by atoms with Crippen molar-refractivity contribution in [3.63, 3.8) is 0 Å². The summed E-state index contributed by atoms with van der Waals surface area (Å²) < 4.78 is 0. The van der Waals surface area contributed by atoms with Crippen LogP contribution in [0.4, 0.5) is 17.5 Å². The normalized spacial score (nSPS) is 11.2. The molecule has 1 rings (SSSR count). The van der Waals surface area contributed by atoms with Gasteiger partial charge in [0.1, 0.15) is 6.20 Å². The van der Waals surface area contributed by atoms with E-state index in [0.29, 0.717) is 18.3 Å². The molecule has 0 saturated heterocycles. The van der Waals surface area contributed by atoms with E-state index in [0.717, 1.165) is 13.0 Å². The van der Waals surface area contributed by atoms with Gasteiger partial charge < -0.3 is 10.2 Å². The lowest BCUT2D eigenvalue weighted by atomic mass is 9.96. The van der Waals surface area contributed by atoms with Crippen molar-refractivity contribution in [2.75, 3.05) is 30.4 Å². The lowest BCUT2D eigenvalue weighted by Gasteiger charge is -2.27. The molecule has 0 spiro atoms. The first-order chi connectivity index (χ1) is 9.24. The molecule has 112 valence electrons. The summed E-state index contributed by atoms with van der Waals surface area (Å²) in [6.45, 7) is 9.66. The molecular formula is C13H23N5O2. The summed E-state index contributed by atoms with van der Waals surface area (Å²) >= 11 is 0. The van der Waals surface area contributed by atoms with Gasteiger partial charge in [0.2, 0.25) is 11.8 Å². The number of anilines is 2. The standard InChI is InChI=1S/C13H23N5O2/c1-6-7-14-12-15-8-10(18(19)20)11(16-12)17(5)9-13(2,3)4/h8H,6-7,9H2,1-5H3,(H,14,15,16). The predicted octanol–water partition coefficient (Wildman–Crippen LogP) is 2.69. The summed E-state index contributed by atoms with van der Waals surface area (Å²) in [5, 5.41) is 14.1. The van der Waals surface area contributed by atoms with Crippen LogP contribution in [0.2, 0.25) is 0 Å². The van der Waals surface area contributed by atoms with Crippen molar-refractivity contribution >= 4 is 17.5 Å². The molecule has 0 bridgehead atoms. The van der Waals surface area contributed by atoms with Crippen molar-refractivity contribution in [1.29, 1.82) is 0 Å². The molecule has 0 fully saturated rings. The second-order valence-corrected chi connectivity index (χ2v) is 6.00. The van der Waals surface area contributed by atoms with Crippen LogP contribution in [0.5, 0.6) is 0 Å². The molecule has 0 aliphatic heterocycles. The molecule has 0 aliphatic carbocycles. The van der Waals surface area contributed by atoms with Crippen LogP contribution in [0.3, 0.4) is 0 Å². The Morgan fingerprint density at radius 2 is 2.10 bits per heavy atom. The molecule has 1 aromatic heterocycles. The number of nitrogens with one attached hydrogen (secondary N) is 1. The lowest BCUT2D eigenvalue weighted by Crippen LogP contribution is -2.30. The van der Waals surface area contributed by atoms with E-state index in [1.807, 2.05) is 14.0 Å². The molecule has 0 radical (unpaired) electrons. The minimum Gasteiger partial charge on any atom is -0.354 e. The first kappa shape index (κ1) is 16.1. The minimum atomic E-state index is -0.446. The minimum absolute atomic E-state index is 0.0184. The highest BCUT2D eigenvalue weighted by molar-refractivity contribution is 5.58. The van der Waals surface area contributed by atoms with E-state index < -0.39 is 4.92 Å². The van der Waals surface area contributed by atoms with Gasteiger partial charge in [-0.2, -0.15) is 4.98 Å². The molecule has 7 nitrogen and oxygen atoms in total. The fourth-order valence-corrected chi connectivity index (χ4v) is 1.88. The Hall–Kier alpha value is -1.92. The third-order valence-electron chi connectivity index (χ3n) is 2.55. The number of aromatic nitrogens is 2. The Kier molecular flexibility index (Phi) is 5.24. The van der Waals surface area contributed by atoms with Gasteiger partial charge in [0.05, 0.1) is 4.92 Å². The van der Waals surface area contributed by atoms with Crippen LogP contribution in [0.15, 0.2) is 6.20 Å². The summed E-state index contributed by atoms with van der Waals surface area (Å²) in [7, 11) is 1.81. The topological polar surface area (TPSA) is 84.2 Å². The number of hydrogen-bond donors (Lipinski definition) is 1. The molecule has 7 heteroatoms. The summed E-state index contributed by atoms with van der Waals surface area (Å²) in [6.07, 6.45) is 2.20. The Balaban J connectivity index is 3.08. The van der Waals surface area contributed by atoms with Gasteiger partial charge in [-0.25, -0.2) is 4.98 Å². The van der Waals surface area contributed by atoms with Crippen molar-refractivity contribution < 1.29 is 4.92 Å². The van der Waals surface area contributed by atoms with Gasteiger partial charge in [-0.3, -0.25) is 10.1 Å². The molecule has 0 aliphatic rings. The summed E-state index contributed by atoms with van der Waals surface area (Å²) in [5.74, 6) is 0.770. The Morgan fingerprint density at radius 1 is 1.45 bits per heavy atom. The fourth-order valence-electron chi connectivity index (χ4n) is 1.88. The first-order valence-electron chi connectivity index (χ1n) is 6.71. The fraction of sp³-hybridized carbons (Fsp3) is 0.692.